The third-order valence-electron chi connectivity index (χ3n) is 3.84. The van der Waals surface area contributed by atoms with Gasteiger partial charge in [0.2, 0.25) is 0 Å². The SMILES string of the molecule is CC(c1ccco1)N1CCc2cccc(N)c2C1. The Hall–Kier alpha value is -1.74. The van der Waals surface area contributed by atoms with Gasteiger partial charge in [0, 0.05) is 18.8 Å². The van der Waals surface area contributed by atoms with E-state index in [-0.39, 0.29) is 0 Å². The van der Waals surface area contributed by atoms with Crippen LogP contribution in [0.25, 0.3) is 0 Å². The second kappa shape index (κ2) is 4.50. The predicted octanol–water partition coefficient (Wildman–Crippen LogP) is 2.98. The number of anilines is 1. The van der Waals surface area contributed by atoms with Crippen LogP contribution in [0.5, 0.6) is 0 Å². The van der Waals surface area contributed by atoms with Crippen molar-refractivity contribution in [2.45, 2.75) is 25.9 Å². The maximum absolute atomic E-state index is 6.07. The number of nitrogens with zero attached hydrogens (tertiary/aromatic N) is 1. The number of hydrogen-bond acceptors (Lipinski definition) is 3. The van der Waals surface area contributed by atoms with Gasteiger partial charge < -0.3 is 10.2 Å². The van der Waals surface area contributed by atoms with E-state index in [1.54, 1.807) is 6.26 Å². The highest BCUT2D eigenvalue weighted by Gasteiger charge is 2.24. The smallest absolute Gasteiger partial charge is 0.120 e. The van der Waals surface area contributed by atoms with Crippen LogP contribution in [0.1, 0.15) is 29.9 Å². The summed E-state index contributed by atoms with van der Waals surface area (Å²) in [5.74, 6) is 1.02. The second-order valence-electron chi connectivity index (χ2n) is 4.90. The first-order chi connectivity index (χ1) is 8.75. The van der Waals surface area contributed by atoms with Crippen molar-refractivity contribution in [3.05, 3.63) is 53.5 Å². The maximum atomic E-state index is 6.07. The Morgan fingerprint density at radius 2 is 2.17 bits per heavy atom. The maximum Gasteiger partial charge on any atom is 0.120 e. The Labute approximate surface area is 107 Å². The molecule has 1 unspecified atom stereocenters. The van der Waals surface area contributed by atoms with Gasteiger partial charge in [-0.05, 0) is 42.7 Å². The summed E-state index contributed by atoms with van der Waals surface area (Å²) >= 11 is 0. The van der Waals surface area contributed by atoms with Gasteiger partial charge in [0.15, 0.2) is 0 Å². The predicted molar refractivity (Wildman–Crippen MR) is 72.1 cm³/mol. The van der Waals surface area contributed by atoms with Crippen molar-refractivity contribution in [1.82, 2.24) is 4.90 Å². The molecule has 1 atom stereocenters. The molecule has 0 bridgehead atoms. The van der Waals surface area contributed by atoms with Crippen molar-refractivity contribution in [1.29, 1.82) is 0 Å². The molecule has 3 heteroatoms. The number of rotatable bonds is 2. The van der Waals surface area contributed by atoms with Gasteiger partial charge in [0.25, 0.3) is 0 Å². The fourth-order valence-electron chi connectivity index (χ4n) is 2.67. The molecule has 0 fully saturated rings. The Morgan fingerprint density at radius 1 is 1.28 bits per heavy atom. The molecule has 1 aliphatic rings. The molecule has 0 saturated heterocycles. The highest BCUT2D eigenvalue weighted by Crippen LogP contribution is 2.30. The first kappa shape index (κ1) is 11.4. The topological polar surface area (TPSA) is 42.4 Å². The van der Waals surface area contributed by atoms with E-state index in [1.807, 2.05) is 24.3 Å². The molecule has 2 N–H and O–H groups in total. The van der Waals surface area contributed by atoms with Crippen molar-refractivity contribution in [3.63, 3.8) is 0 Å². The van der Waals surface area contributed by atoms with Gasteiger partial charge in [0.05, 0.1) is 12.3 Å². The average molecular weight is 242 g/mol. The fourth-order valence-corrected chi connectivity index (χ4v) is 2.67. The lowest BCUT2D eigenvalue weighted by Crippen LogP contribution is -2.33. The quantitative estimate of drug-likeness (QED) is 0.823. The average Bonchev–Trinajstić information content (AvgIpc) is 2.92. The minimum atomic E-state index is 0.299. The van der Waals surface area contributed by atoms with Gasteiger partial charge in [0.1, 0.15) is 5.76 Å². The molecule has 1 aromatic heterocycles. The van der Waals surface area contributed by atoms with Crippen LogP contribution in [-0.2, 0) is 13.0 Å². The summed E-state index contributed by atoms with van der Waals surface area (Å²) in [6.45, 7) is 4.14. The van der Waals surface area contributed by atoms with Crippen LogP contribution in [-0.4, -0.2) is 11.4 Å². The van der Waals surface area contributed by atoms with E-state index < -0.39 is 0 Å². The Kier molecular flexibility index (Phi) is 2.84. The summed E-state index contributed by atoms with van der Waals surface area (Å²) in [6.07, 6.45) is 2.80. The molecular formula is C15H18N2O. The molecule has 1 aliphatic heterocycles. The first-order valence-electron chi connectivity index (χ1n) is 6.39. The van der Waals surface area contributed by atoms with Crippen LogP contribution >= 0.6 is 0 Å². The lowest BCUT2D eigenvalue weighted by Gasteiger charge is -2.33. The van der Waals surface area contributed by atoms with Crippen molar-refractivity contribution in [2.24, 2.45) is 0 Å². The van der Waals surface area contributed by atoms with Crippen LogP contribution in [0.2, 0.25) is 0 Å². The second-order valence-corrected chi connectivity index (χ2v) is 4.90. The van der Waals surface area contributed by atoms with E-state index in [2.05, 4.69) is 17.9 Å². The Balaban J connectivity index is 1.84. The lowest BCUT2D eigenvalue weighted by molar-refractivity contribution is 0.172. The van der Waals surface area contributed by atoms with E-state index in [9.17, 15) is 0 Å². The number of nitrogens with two attached hydrogens (primary N) is 1. The van der Waals surface area contributed by atoms with Crippen LogP contribution in [0.15, 0.2) is 41.0 Å². The normalized spacial score (nSPS) is 17.4. The van der Waals surface area contributed by atoms with Gasteiger partial charge in [-0.2, -0.15) is 0 Å². The molecule has 0 aliphatic carbocycles. The summed E-state index contributed by atoms with van der Waals surface area (Å²) in [4.78, 5) is 2.41. The molecule has 2 aromatic rings. The summed E-state index contributed by atoms with van der Waals surface area (Å²) < 4.78 is 5.49. The lowest BCUT2D eigenvalue weighted by atomic mass is 9.97. The molecule has 94 valence electrons. The number of furan rings is 1. The molecule has 3 nitrogen and oxygen atoms in total. The summed E-state index contributed by atoms with van der Waals surface area (Å²) in [5.41, 5.74) is 9.65. The summed E-state index contributed by atoms with van der Waals surface area (Å²) in [7, 11) is 0. The molecule has 0 radical (unpaired) electrons. The minimum absolute atomic E-state index is 0.299. The minimum Gasteiger partial charge on any atom is -0.468 e. The molecule has 0 amide bonds. The van der Waals surface area contributed by atoms with E-state index in [0.29, 0.717) is 6.04 Å². The molecule has 1 aromatic carbocycles. The van der Waals surface area contributed by atoms with Crippen molar-refractivity contribution in [2.75, 3.05) is 12.3 Å². The van der Waals surface area contributed by atoms with Crippen LogP contribution in [0.4, 0.5) is 5.69 Å². The van der Waals surface area contributed by atoms with Crippen LogP contribution < -0.4 is 5.73 Å². The van der Waals surface area contributed by atoms with Crippen molar-refractivity contribution in [3.8, 4) is 0 Å². The molecule has 18 heavy (non-hydrogen) atoms. The third kappa shape index (κ3) is 1.91. The van der Waals surface area contributed by atoms with Gasteiger partial charge in [-0.3, -0.25) is 4.90 Å². The molecule has 0 saturated carbocycles. The van der Waals surface area contributed by atoms with Gasteiger partial charge in [-0.1, -0.05) is 12.1 Å². The zero-order valence-electron chi connectivity index (χ0n) is 10.6. The largest absolute Gasteiger partial charge is 0.468 e. The highest BCUT2D eigenvalue weighted by atomic mass is 16.3. The highest BCUT2D eigenvalue weighted by molar-refractivity contribution is 5.51. The van der Waals surface area contributed by atoms with E-state index in [1.165, 1.54) is 11.1 Å². The number of hydrogen-bond donors (Lipinski definition) is 1. The molecule has 2 heterocycles. The van der Waals surface area contributed by atoms with Gasteiger partial charge in [-0.15, -0.1) is 0 Å². The molecule has 3 rings (SSSR count). The monoisotopic (exact) mass is 242 g/mol. The van der Waals surface area contributed by atoms with Crippen molar-refractivity contribution >= 4 is 5.69 Å². The Bertz CT molecular complexity index is 533. The fraction of sp³-hybridized carbons (Fsp3) is 0.333. The molecule has 0 spiro atoms. The van der Waals surface area contributed by atoms with Crippen LogP contribution in [0, 0.1) is 0 Å². The zero-order valence-corrected chi connectivity index (χ0v) is 10.6. The van der Waals surface area contributed by atoms with E-state index in [0.717, 1.165) is 31.0 Å². The van der Waals surface area contributed by atoms with Gasteiger partial charge in [-0.25, -0.2) is 0 Å². The van der Waals surface area contributed by atoms with Crippen molar-refractivity contribution < 1.29 is 4.42 Å². The number of fused-ring (bicyclic) bond motifs is 1. The standard InChI is InChI=1S/C15H18N2O/c1-11(15-6-3-9-18-15)17-8-7-12-4-2-5-14(16)13(12)10-17/h2-6,9,11H,7-8,10,16H2,1H3. The van der Waals surface area contributed by atoms with E-state index >= 15 is 0 Å². The first-order valence-corrected chi connectivity index (χ1v) is 6.39. The number of nitrogen functional groups attached to an aromatic ring is 1. The molecular weight excluding hydrogens is 224 g/mol. The summed E-state index contributed by atoms with van der Waals surface area (Å²) in [6, 6.07) is 10.5. The zero-order chi connectivity index (χ0) is 12.5. The van der Waals surface area contributed by atoms with Gasteiger partial charge >= 0.3 is 0 Å². The van der Waals surface area contributed by atoms with Crippen LogP contribution in [0.3, 0.4) is 0 Å². The third-order valence-corrected chi connectivity index (χ3v) is 3.84. The number of benzene rings is 1. The summed E-state index contributed by atoms with van der Waals surface area (Å²) in [5, 5.41) is 0. The van der Waals surface area contributed by atoms with E-state index in [4.69, 9.17) is 10.2 Å². The Morgan fingerprint density at radius 3 is 2.94 bits per heavy atom.